The van der Waals surface area contributed by atoms with E-state index in [1.165, 1.54) is 6.20 Å². The predicted molar refractivity (Wildman–Crippen MR) is 20.3 cm³/mol. The van der Waals surface area contributed by atoms with Crippen LogP contribution in [0.5, 0.6) is 0 Å². The number of hydrogen-bond donors (Lipinski definition) is 0. The summed E-state index contributed by atoms with van der Waals surface area (Å²) in [6.45, 7) is 9.23. The molecule has 0 spiro atoms. The van der Waals surface area contributed by atoms with Gasteiger partial charge in [-0.05, 0) is 0 Å². The van der Waals surface area contributed by atoms with E-state index in [1.807, 2.05) is 0 Å². The first-order valence-electron chi connectivity index (χ1n) is 1.12. The zero-order valence-corrected chi connectivity index (χ0v) is 2.73. The topological polar surface area (TPSA) is 4.36 Å². The van der Waals surface area contributed by atoms with Crippen LogP contribution in [0.25, 0.3) is 4.85 Å². The van der Waals surface area contributed by atoms with Crippen molar-refractivity contribution in [2.75, 3.05) is 0 Å². The van der Waals surface area contributed by atoms with Gasteiger partial charge in [0, 0.05) is 0 Å². The van der Waals surface area contributed by atoms with Gasteiger partial charge in [0.25, 0.3) is 0 Å². The largest absolute Gasteiger partial charge is 0.237 e. The molecule has 0 aromatic carbocycles. The van der Waals surface area contributed by atoms with Crippen molar-refractivity contribution in [3.8, 4) is 0 Å². The van der Waals surface area contributed by atoms with E-state index in [9.17, 15) is 0 Å². The van der Waals surface area contributed by atoms with Gasteiger partial charge >= 0.3 is 0 Å². The molecule has 1 heteroatoms. The Morgan fingerprint density at radius 1 is 2.00 bits per heavy atom. The molecule has 0 saturated heterocycles. The van der Waals surface area contributed by atoms with Crippen molar-refractivity contribution in [1.29, 1.82) is 0 Å². The maximum absolute atomic E-state index is 6.07. The maximum atomic E-state index is 6.07. The molecule has 0 radical (unpaired) electrons. The Morgan fingerprint density at radius 3 is 2.60 bits per heavy atom. The SMILES string of the molecule is [C-]#[N+]C=C=C. The molecule has 0 unspecified atom stereocenters. The first-order chi connectivity index (χ1) is 2.41. The van der Waals surface area contributed by atoms with Crippen molar-refractivity contribution in [1.82, 2.24) is 0 Å². The van der Waals surface area contributed by atoms with Crippen LogP contribution >= 0.6 is 0 Å². The lowest BCUT2D eigenvalue weighted by Gasteiger charge is -1.41. The second-order valence-corrected chi connectivity index (χ2v) is 0.462. The van der Waals surface area contributed by atoms with Gasteiger partial charge in [-0.2, -0.15) is 0 Å². The van der Waals surface area contributed by atoms with E-state index in [-0.39, 0.29) is 0 Å². The molecule has 0 heterocycles. The highest BCUT2D eigenvalue weighted by Gasteiger charge is 1.37. The third-order valence-corrected chi connectivity index (χ3v) is 0.156. The van der Waals surface area contributed by atoms with Gasteiger partial charge in [-0.3, -0.25) is 0 Å². The standard InChI is InChI=1S/C4H3N/c1-3-4-5-2/h4H,1H2. The molecule has 0 aromatic heterocycles. The highest BCUT2D eigenvalue weighted by atomic mass is 14.6. The van der Waals surface area contributed by atoms with Crippen molar-refractivity contribution < 1.29 is 0 Å². The number of nitrogens with zero attached hydrogens (tertiary/aromatic N) is 1. The van der Waals surface area contributed by atoms with E-state index in [2.05, 4.69) is 17.2 Å². The summed E-state index contributed by atoms with van der Waals surface area (Å²) in [5.74, 6) is 0. The maximum Gasteiger partial charge on any atom is 0.194 e. The van der Waals surface area contributed by atoms with Crippen LogP contribution in [-0.2, 0) is 0 Å². The summed E-state index contributed by atoms with van der Waals surface area (Å²) >= 11 is 0. The molecular weight excluding hydrogens is 62.1 g/mol. The average Bonchev–Trinajstić information content (AvgIpc) is 1.41. The summed E-state index contributed by atoms with van der Waals surface area (Å²) in [6.07, 6.45) is 1.18. The molecule has 0 saturated carbocycles. The van der Waals surface area contributed by atoms with Gasteiger partial charge in [-0.15, -0.1) is 5.73 Å². The summed E-state index contributed by atoms with van der Waals surface area (Å²) in [5, 5.41) is 0. The molecule has 0 aliphatic carbocycles. The van der Waals surface area contributed by atoms with E-state index < -0.39 is 0 Å². The van der Waals surface area contributed by atoms with Crippen LogP contribution in [0.3, 0.4) is 0 Å². The average molecular weight is 65.1 g/mol. The summed E-state index contributed by atoms with van der Waals surface area (Å²) in [7, 11) is 0. The lowest BCUT2D eigenvalue weighted by molar-refractivity contribution is 2.07. The van der Waals surface area contributed by atoms with Crippen LogP contribution in [0.1, 0.15) is 0 Å². The van der Waals surface area contributed by atoms with Gasteiger partial charge in [0.15, 0.2) is 6.20 Å². The van der Waals surface area contributed by atoms with E-state index in [4.69, 9.17) is 6.57 Å². The Labute approximate surface area is 31.1 Å². The minimum absolute atomic E-state index is 1.18. The molecule has 0 atom stereocenters. The van der Waals surface area contributed by atoms with E-state index in [0.717, 1.165) is 0 Å². The molecule has 0 aliphatic heterocycles. The predicted octanol–water partition coefficient (Wildman–Crippen LogP) is 1.20. The van der Waals surface area contributed by atoms with Gasteiger partial charge in [0.2, 0.25) is 0 Å². The van der Waals surface area contributed by atoms with Crippen LogP contribution in [0.4, 0.5) is 0 Å². The molecule has 0 fully saturated rings. The summed E-state index contributed by atoms with van der Waals surface area (Å²) in [4.78, 5) is 2.81. The Kier molecular flexibility index (Phi) is 2.41. The second kappa shape index (κ2) is 3.01. The third kappa shape index (κ3) is 3.01. The summed E-state index contributed by atoms with van der Waals surface area (Å²) in [6, 6.07) is 0. The van der Waals surface area contributed by atoms with Crippen LogP contribution in [0.15, 0.2) is 18.5 Å². The van der Waals surface area contributed by atoms with Crippen molar-refractivity contribution in [2.24, 2.45) is 0 Å². The summed E-state index contributed by atoms with van der Waals surface area (Å²) in [5.41, 5.74) is 2.29. The Bertz CT molecular complexity index is 90.7. The third-order valence-electron chi connectivity index (χ3n) is 0.156. The fraction of sp³-hybridized carbons (Fsp3) is 0. The zero-order chi connectivity index (χ0) is 4.12. The van der Waals surface area contributed by atoms with Crippen LogP contribution < -0.4 is 0 Å². The van der Waals surface area contributed by atoms with E-state index >= 15 is 0 Å². The molecule has 0 N–H and O–H groups in total. The Morgan fingerprint density at radius 2 is 2.60 bits per heavy atom. The fourth-order valence-electron chi connectivity index (χ4n) is 0.0456. The van der Waals surface area contributed by atoms with Gasteiger partial charge in [-0.1, -0.05) is 6.58 Å². The molecule has 0 aliphatic rings. The Balaban J connectivity index is 3.46. The second-order valence-electron chi connectivity index (χ2n) is 0.462. The van der Waals surface area contributed by atoms with Gasteiger partial charge in [0.05, 0.1) is 6.57 Å². The summed E-state index contributed by atoms with van der Waals surface area (Å²) < 4.78 is 0. The van der Waals surface area contributed by atoms with E-state index in [0.29, 0.717) is 0 Å². The molecule has 1 nitrogen and oxygen atoms in total. The number of rotatable bonds is 0. The normalized spacial score (nSPS) is 3.80. The van der Waals surface area contributed by atoms with Crippen LogP contribution in [0, 0.1) is 6.57 Å². The highest BCUT2D eigenvalue weighted by Crippen LogP contribution is 1.57. The first kappa shape index (κ1) is 4.01. The zero-order valence-electron chi connectivity index (χ0n) is 2.73. The highest BCUT2D eigenvalue weighted by molar-refractivity contribution is 4.84. The quantitative estimate of drug-likeness (QED) is 0.295. The molecule has 0 amide bonds. The van der Waals surface area contributed by atoms with Crippen molar-refractivity contribution >= 4 is 0 Å². The Hall–Kier alpha value is -0.990. The molecule has 5 heavy (non-hydrogen) atoms. The molecule has 24 valence electrons. The van der Waals surface area contributed by atoms with Crippen molar-refractivity contribution in [3.63, 3.8) is 0 Å². The monoisotopic (exact) mass is 65.0 g/mol. The minimum Gasteiger partial charge on any atom is -0.237 e. The molecule has 0 aromatic rings. The lowest BCUT2D eigenvalue weighted by atomic mass is 10.9. The smallest absolute Gasteiger partial charge is 0.194 e. The van der Waals surface area contributed by atoms with Gasteiger partial charge in [0.1, 0.15) is 0 Å². The fourth-order valence-corrected chi connectivity index (χ4v) is 0.0456. The van der Waals surface area contributed by atoms with Crippen molar-refractivity contribution in [2.45, 2.75) is 0 Å². The minimum atomic E-state index is 1.18. The van der Waals surface area contributed by atoms with E-state index in [1.54, 1.807) is 0 Å². The van der Waals surface area contributed by atoms with Crippen LogP contribution in [-0.4, -0.2) is 0 Å². The lowest BCUT2D eigenvalue weighted by Crippen LogP contribution is -1.19. The van der Waals surface area contributed by atoms with Crippen molar-refractivity contribution in [3.05, 3.63) is 29.9 Å². The molecule has 0 rings (SSSR count). The van der Waals surface area contributed by atoms with Crippen LogP contribution in [0.2, 0.25) is 0 Å². The van der Waals surface area contributed by atoms with Gasteiger partial charge in [-0.25, -0.2) is 4.85 Å². The number of hydrogen-bond acceptors (Lipinski definition) is 0. The molecule has 0 bridgehead atoms. The van der Waals surface area contributed by atoms with Gasteiger partial charge < -0.3 is 0 Å². The first-order valence-corrected chi connectivity index (χ1v) is 1.12. The molecular formula is C4H3N.